The van der Waals surface area contributed by atoms with Crippen molar-refractivity contribution < 1.29 is 9.84 Å². The summed E-state index contributed by atoms with van der Waals surface area (Å²) in [5, 5.41) is 14.1. The Morgan fingerprint density at radius 1 is 1.32 bits per heavy atom. The molecule has 102 valence electrons. The largest absolute Gasteiger partial charge is 0.494 e. The van der Waals surface area contributed by atoms with Gasteiger partial charge in [-0.3, -0.25) is 4.68 Å². The van der Waals surface area contributed by atoms with Crippen molar-refractivity contribution in [3.63, 3.8) is 0 Å². The second kappa shape index (κ2) is 6.33. The predicted octanol–water partition coefficient (Wildman–Crippen LogP) is 1.88. The van der Waals surface area contributed by atoms with E-state index in [1.54, 1.807) is 4.68 Å². The quantitative estimate of drug-likeness (QED) is 0.862. The maximum atomic E-state index is 10.2. The van der Waals surface area contributed by atoms with Gasteiger partial charge in [0.25, 0.3) is 0 Å². The minimum Gasteiger partial charge on any atom is -0.494 e. The molecule has 0 aliphatic carbocycles. The summed E-state index contributed by atoms with van der Waals surface area (Å²) in [4.78, 5) is 4.11. The number of aromatic nitrogens is 3. The molecule has 19 heavy (non-hydrogen) atoms. The lowest BCUT2D eigenvalue weighted by molar-refractivity contribution is 0.174. The Hall–Kier alpha value is -1.88. The van der Waals surface area contributed by atoms with Gasteiger partial charge in [0.15, 0.2) is 0 Å². The number of hydrogen-bond donors (Lipinski definition) is 1. The van der Waals surface area contributed by atoms with Gasteiger partial charge in [-0.05, 0) is 24.1 Å². The maximum Gasteiger partial charge on any atom is 0.138 e. The summed E-state index contributed by atoms with van der Waals surface area (Å²) in [6.45, 7) is 2.78. The molecule has 0 amide bonds. The molecule has 0 spiro atoms. The second-order valence-corrected chi connectivity index (χ2v) is 4.44. The number of ether oxygens (including phenoxy) is 1. The van der Waals surface area contributed by atoms with Crippen molar-refractivity contribution >= 4 is 0 Å². The Morgan fingerprint density at radius 3 is 2.63 bits per heavy atom. The monoisotopic (exact) mass is 261 g/mol. The summed E-state index contributed by atoms with van der Waals surface area (Å²) in [7, 11) is 1.82. The minimum absolute atomic E-state index is 0.450. The van der Waals surface area contributed by atoms with Gasteiger partial charge < -0.3 is 9.84 Å². The van der Waals surface area contributed by atoms with E-state index in [0.717, 1.165) is 23.6 Å². The molecule has 0 fully saturated rings. The van der Waals surface area contributed by atoms with E-state index < -0.39 is 6.10 Å². The van der Waals surface area contributed by atoms with Crippen LogP contribution in [0, 0.1) is 0 Å². The Morgan fingerprint density at radius 2 is 2.05 bits per heavy atom. The molecule has 0 aliphatic heterocycles. The molecule has 2 aromatic rings. The number of aliphatic hydroxyl groups excluding tert-OH is 1. The zero-order chi connectivity index (χ0) is 13.7. The summed E-state index contributed by atoms with van der Waals surface area (Å²) in [5.74, 6) is 1.59. The molecular weight excluding hydrogens is 242 g/mol. The fourth-order valence-electron chi connectivity index (χ4n) is 1.80. The molecule has 0 aliphatic rings. The highest BCUT2D eigenvalue weighted by molar-refractivity contribution is 5.28. The molecule has 1 N–H and O–H groups in total. The average Bonchev–Trinajstić information content (AvgIpc) is 2.82. The number of nitrogens with zero attached hydrogens (tertiary/aromatic N) is 3. The molecule has 1 unspecified atom stereocenters. The summed E-state index contributed by atoms with van der Waals surface area (Å²) in [6.07, 6.45) is 2.34. The fraction of sp³-hybridized carbons (Fsp3) is 0.429. The van der Waals surface area contributed by atoms with E-state index in [-0.39, 0.29) is 0 Å². The van der Waals surface area contributed by atoms with Crippen LogP contribution in [0.2, 0.25) is 0 Å². The Kier molecular flexibility index (Phi) is 4.52. The molecule has 2 rings (SSSR count). The van der Waals surface area contributed by atoms with Gasteiger partial charge in [0.05, 0.1) is 12.7 Å². The van der Waals surface area contributed by atoms with E-state index in [9.17, 15) is 5.11 Å². The van der Waals surface area contributed by atoms with Crippen molar-refractivity contribution in [3.8, 4) is 5.75 Å². The van der Waals surface area contributed by atoms with Crippen molar-refractivity contribution in [1.82, 2.24) is 14.8 Å². The smallest absolute Gasteiger partial charge is 0.138 e. The average molecular weight is 261 g/mol. The third-order valence-corrected chi connectivity index (χ3v) is 2.92. The van der Waals surface area contributed by atoms with Gasteiger partial charge in [-0.25, -0.2) is 4.98 Å². The van der Waals surface area contributed by atoms with Crippen molar-refractivity contribution in [2.45, 2.75) is 25.9 Å². The SMILES string of the molecule is CCCOc1ccc(C(O)Cc2ncnn2C)cc1. The van der Waals surface area contributed by atoms with Gasteiger partial charge in [0, 0.05) is 13.5 Å². The Labute approximate surface area is 112 Å². The normalized spacial score (nSPS) is 12.4. The number of rotatable bonds is 6. The van der Waals surface area contributed by atoms with Crippen LogP contribution in [0.25, 0.3) is 0 Å². The van der Waals surface area contributed by atoms with Crippen LogP contribution in [0.4, 0.5) is 0 Å². The molecule has 1 heterocycles. The lowest BCUT2D eigenvalue weighted by atomic mass is 10.1. The molecular formula is C14H19N3O2. The van der Waals surface area contributed by atoms with E-state index in [1.807, 2.05) is 31.3 Å². The first-order valence-corrected chi connectivity index (χ1v) is 6.44. The molecule has 1 atom stereocenters. The van der Waals surface area contributed by atoms with Crippen LogP contribution in [-0.4, -0.2) is 26.5 Å². The highest BCUT2D eigenvalue weighted by atomic mass is 16.5. The van der Waals surface area contributed by atoms with Gasteiger partial charge in [-0.1, -0.05) is 19.1 Å². The van der Waals surface area contributed by atoms with Crippen LogP contribution in [0.15, 0.2) is 30.6 Å². The summed E-state index contributed by atoms with van der Waals surface area (Å²) in [5.41, 5.74) is 0.854. The summed E-state index contributed by atoms with van der Waals surface area (Å²) < 4.78 is 7.18. The molecule has 0 bridgehead atoms. The molecule has 0 radical (unpaired) electrons. The van der Waals surface area contributed by atoms with Crippen molar-refractivity contribution in [2.24, 2.45) is 7.05 Å². The Bertz CT molecular complexity index is 508. The van der Waals surface area contributed by atoms with E-state index >= 15 is 0 Å². The third kappa shape index (κ3) is 3.54. The third-order valence-electron chi connectivity index (χ3n) is 2.92. The van der Waals surface area contributed by atoms with Crippen molar-refractivity contribution in [1.29, 1.82) is 0 Å². The number of benzene rings is 1. The zero-order valence-corrected chi connectivity index (χ0v) is 11.3. The van der Waals surface area contributed by atoms with Crippen LogP contribution in [-0.2, 0) is 13.5 Å². The first-order chi connectivity index (χ1) is 9.20. The number of hydrogen-bond acceptors (Lipinski definition) is 4. The van der Waals surface area contributed by atoms with Gasteiger partial charge in [-0.2, -0.15) is 5.10 Å². The van der Waals surface area contributed by atoms with E-state index in [2.05, 4.69) is 17.0 Å². The van der Waals surface area contributed by atoms with E-state index in [4.69, 9.17) is 4.74 Å². The second-order valence-electron chi connectivity index (χ2n) is 4.44. The van der Waals surface area contributed by atoms with Crippen molar-refractivity contribution in [3.05, 3.63) is 42.0 Å². The molecule has 0 saturated heterocycles. The van der Waals surface area contributed by atoms with Crippen LogP contribution in [0.3, 0.4) is 0 Å². The molecule has 0 saturated carbocycles. The van der Waals surface area contributed by atoms with Crippen LogP contribution >= 0.6 is 0 Å². The Balaban J connectivity index is 1.99. The topological polar surface area (TPSA) is 60.2 Å². The highest BCUT2D eigenvalue weighted by Crippen LogP contribution is 2.20. The first kappa shape index (κ1) is 13.5. The lowest BCUT2D eigenvalue weighted by Crippen LogP contribution is -2.07. The lowest BCUT2D eigenvalue weighted by Gasteiger charge is -2.11. The van der Waals surface area contributed by atoms with Gasteiger partial charge in [0.1, 0.15) is 17.9 Å². The van der Waals surface area contributed by atoms with E-state index in [0.29, 0.717) is 13.0 Å². The van der Waals surface area contributed by atoms with Crippen molar-refractivity contribution in [2.75, 3.05) is 6.61 Å². The number of aliphatic hydroxyl groups is 1. The minimum atomic E-state index is -0.580. The summed E-state index contributed by atoms with van der Waals surface area (Å²) in [6, 6.07) is 7.52. The molecule has 1 aromatic carbocycles. The molecule has 1 aromatic heterocycles. The fourth-order valence-corrected chi connectivity index (χ4v) is 1.80. The van der Waals surface area contributed by atoms with Gasteiger partial charge in [0.2, 0.25) is 0 Å². The predicted molar refractivity (Wildman–Crippen MR) is 71.9 cm³/mol. The summed E-state index contributed by atoms with van der Waals surface area (Å²) >= 11 is 0. The molecule has 5 nitrogen and oxygen atoms in total. The van der Waals surface area contributed by atoms with Gasteiger partial charge >= 0.3 is 0 Å². The van der Waals surface area contributed by atoms with E-state index in [1.165, 1.54) is 6.33 Å². The first-order valence-electron chi connectivity index (χ1n) is 6.44. The van der Waals surface area contributed by atoms with Crippen LogP contribution < -0.4 is 4.74 Å². The maximum absolute atomic E-state index is 10.2. The standard InChI is InChI=1S/C14H19N3O2/c1-3-8-19-12-6-4-11(5-7-12)13(18)9-14-15-10-16-17(14)2/h4-7,10,13,18H,3,8-9H2,1-2H3. The number of aryl methyl sites for hydroxylation is 1. The zero-order valence-electron chi connectivity index (χ0n) is 11.3. The molecule has 5 heteroatoms. The van der Waals surface area contributed by atoms with Crippen LogP contribution in [0.5, 0.6) is 5.75 Å². The highest BCUT2D eigenvalue weighted by Gasteiger charge is 2.12. The van der Waals surface area contributed by atoms with Gasteiger partial charge in [-0.15, -0.1) is 0 Å². The van der Waals surface area contributed by atoms with Crippen LogP contribution in [0.1, 0.15) is 30.8 Å².